The first-order valence-electron chi connectivity index (χ1n) is 18.5. The smallest absolute Gasteiger partial charge is 0.238 e. The molecule has 22 heteroatoms. The fraction of sp³-hybridized carbons (Fsp3) is 0.848. The largest absolute Gasteiger partial charge is 0.388 e. The molecule has 0 unspecified atom stereocenters. The number of likely N-dealkylation sites (N-methyl/N-ethyl adjacent to an activating group) is 1. The number of rotatable bonds is 24. The van der Waals surface area contributed by atoms with E-state index in [9.17, 15) is 54.6 Å². The molecule has 0 radical (unpaired) electrons. The van der Waals surface area contributed by atoms with Gasteiger partial charge < -0.3 is 81.9 Å². The van der Waals surface area contributed by atoms with Gasteiger partial charge in [-0.05, 0) is 33.6 Å². The number of unbranched alkanes of at least 4 members (excludes halogenated alkanes) is 2. The van der Waals surface area contributed by atoms with Crippen molar-refractivity contribution in [2.24, 2.45) is 5.73 Å². The number of aliphatic hydroxyl groups is 6. The number of hydrogen-bond donors (Lipinski definition) is 12. The Kier molecular flexibility index (Phi) is 22.0. The quantitative estimate of drug-likeness (QED) is 0.0404. The van der Waals surface area contributed by atoms with E-state index in [2.05, 4.69) is 26.6 Å². The minimum atomic E-state index is -1.52. The van der Waals surface area contributed by atoms with E-state index in [4.69, 9.17) is 24.7 Å². The first kappa shape index (κ1) is 48.0. The van der Waals surface area contributed by atoms with Crippen molar-refractivity contribution < 1.29 is 73.6 Å². The topological polar surface area (TPSA) is 333 Å². The van der Waals surface area contributed by atoms with E-state index in [0.29, 0.717) is 25.8 Å². The molecular formula is C33H61N7O15. The minimum Gasteiger partial charge on any atom is -0.388 e. The lowest BCUT2D eigenvalue weighted by Crippen LogP contribution is -2.57. The number of nitrogens with one attached hydrogen (secondary N) is 5. The second-order valence-electron chi connectivity index (χ2n) is 13.4. The van der Waals surface area contributed by atoms with Crippen LogP contribution in [0.15, 0.2) is 0 Å². The maximum Gasteiger partial charge on any atom is 0.238 e. The van der Waals surface area contributed by atoms with Crippen LogP contribution in [0.2, 0.25) is 0 Å². The first-order chi connectivity index (χ1) is 26.0. The van der Waals surface area contributed by atoms with Gasteiger partial charge in [-0.3, -0.25) is 28.9 Å². The number of ether oxygens (including phenoxy) is 4. The Morgan fingerprint density at radius 1 is 0.618 bits per heavy atom. The number of carbonyl (C=O) groups is 5. The van der Waals surface area contributed by atoms with Crippen LogP contribution in [-0.4, -0.2) is 198 Å². The summed E-state index contributed by atoms with van der Waals surface area (Å²) in [6.45, 7) is 4.01. The van der Waals surface area contributed by atoms with Crippen LogP contribution in [0.3, 0.4) is 0 Å². The summed E-state index contributed by atoms with van der Waals surface area (Å²) in [4.78, 5) is 63.3. The summed E-state index contributed by atoms with van der Waals surface area (Å²) in [6.07, 6.45) is -10.8. The number of aliphatic hydroxyl groups excluding tert-OH is 6. The molecule has 0 bridgehead atoms. The Bertz CT molecular complexity index is 1150. The molecule has 0 aromatic carbocycles. The molecule has 13 N–H and O–H groups in total. The molecule has 5 amide bonds. The molecule has 0 aromatic rings. The van der Waals surface area contributed by atoms with Gasteiger partial charge in [-0.2, -0.15) is 0 Å². The Morgan fingerprint density at radius 3 is 1.53 bits per heavy atom. The van der Waals surface area contributed by atoms with E-state index in [1.165, 1.54) is 18.7 Å². The fourth-order valence-corrected chi connectivity index (χ4v) is 5.50. The van der Waals surface area contributed by atoms with Gasteiger partial charge in [-0.25, -0.2) is 0 Å². The van der Waals surface area contributed by atoms with E-state index in [0.717, 1.165) is 0 Å². The predicted molar refractivity (Wildman–Crippen MR) is 190 cm³/mol. The molecule has 0 aromatic heterocycles. The summed E-state index contributed by atoms with van der Waals surface area (Å²) < 4.78 is 21.5. The summed E-state index contributed by atoms with van der Waals surface area (Å²) >= 11 is 0. The van der Waals surface area contributed by atoms with Crippen LogP contribution < -0.4 is 32.3 Å². The van der Waals surface area contributed by atoms with Crippen LogP contribution in [0.5, 0.6) is 0 Å². The van der Waals surface area contributed by atoms with Crippen LogP contribution >= 0.6 is 0 Å². The third-order valence-electron chi connectivity index (χ3n) is 8.74. The van der Waals surface area contributed by atoms with Crippen LogP contribution in [0.4, 0.5) is 0 Å². The molecule has 22 nitrogen and oxygen atoms in total. The van der Waals surface area contributed by atoms with Gasteiger partial charge in [0.1, 0.15) is 42.7 Å². The average Bonchev–Trinajstić information content (AvgIpc) is 3.14. The molecule has 0 spiro atoms. The SMILES string of the molecule is CCNC(=O)[C@@H](N)CNC(=O)CCCCCNC(=O)CN(CC(=O)NCCO[C@@H]1O[C@@H](C)[C@@H](O)[C@@H](O)[C@@H]1O)CC(=O)NCCO[C@@H]1O[C@@H](C)[C@@H](O)[C@@H](O)[C@@H]1O. The van der Waals surface area contributed by atoms with Crippen molar-refractivity contribution >= 4 is 29.5 Å². The van der Waals surface area contributed by atoms with Crippen molar-refractivity contribution in [1.82, 2.24) is 31.5 Å². The van der Waals surface area contributed by atoms with Crippen molar-refractivity contribution in [3.05, 3.63) is 0 Å². The molecule has 0 aliphatic carbocycles. The van der Waals surface area contributed by atoms with E-state index in [-0.39, 0.29) is 77.3 Å². The minimum absolute atomic E-state index is 0.0141. The van der Waals surface area contributed by atoms with E-state index in [1.807, 2.05) is 0 Å². The third-order valence-corrected chi connectivity index (χ3v) is 8.74. The monoisotopic (exact) mass is 795 g/mol. The van der Waals surface area contributed by atoms with Gasteiger partial charge in [0.25, 0.3) is 0 Å². The zero-order chi connectivity index (χ0) is 41.1. The van der Waals surface area contributed by atoms with Crippen molar-refractivity contribution in [2.75, 3.05) is 65.6 Å². The van der Waals surface area contributed by atoms with Crippen molar-refractivity contribution in [3.63, 3.8) is 0 Å². The predicted octanol–water partition coefficient (Wildman–Crippen LogP) is -6.53. The molecule has 2 saturated heterocycles. The highest BCUT2D eigenvalue weighted by molar-refractivity contribution is 5.84. The van der Waals surface area contributed by atoms with Gasteiger partial charge in [-0.15, -0.1) is 0 Å². The second kappa shape index (κ2) is 25.2. The van der Waals surface area contributed by atoms with Gasteiger partial charge in [0.15, 0.2) is 12.6 Å². The zero-order valence-electron chi connectivity index (χ0n) is 31.6. The van der Waals surface area contributed by atoms with E-state index >= 15 is 0 Å². The molecule has 2 aliphatic rings. The average molecular weight is 796 g/mol. The second-order valence-corrected chi connectivity index (χ2v) is 13.4. The molecule has 2 fully saturated rings. The highest BCUT2D eigenvalue weighted by Crippen LogP contribution is 2.22. The number of carbonyl (C=O) groups excluding carboxylic acids is 5. The molecule has 2 aliphatic heterocycles. The molecule has 318 valence electrons. The first-order valence-corrected chi connectivity index (χ1v) is 18.5. The van der Waals surface area contributed by atoms with Gasteiger partial charge in [0, 0.05) is 39.1 Å². The van der Waals surface area contributed by atoms with Crippen molar-refractivity contribution in [3.8, 4) is 0 Å². The lowest BCUT2D eigenvalue weighted by Gasteiger charge is -2.38. The van der Waals surface area contributed by atoms with Gasteiger partial charge in [0.05, 0.1) is 45.1 Å². The molecule has 11 atom stereocenters. The van der Waals surface area contributed by atoms with Gasteiger partial charge >= 0.3 is 0 Å². The van der Waals surface area contributed by atoms with Crippen molar-refractivity contribution in [2.45, 2.75) is 114 Å². The van der Waals surface area contributed by atoms with E-state index in [1.54, 1.807) is 6.92 Å². The highest BCUT2D eigenvalue weighted by atomic mass is 16.7. The fourth-order valence-electron chi connectivity index (χ4n) is 5.50. The zero-order valence-corrected chi connectivity index (χ0v) is 31.6. The Balaban J connectivity index is 1.80. The van der Waals surface area contributed by atoms with E-state index < -0.39 is 85.2 Å². The Hall–Kier alpha value is -3.13. The molecule has 2 rings (SSSR count). The number of hydrogen-bond acceptors (Lipinski definition) is 17. The number of nitrogens with two attached hydrogens (primary N) is 1. The maximum absolute atomic E-state index is 12.8. The maximum atomic E-state index is 12.8. The van der Waals surface area contributed by atoms with Crippen LogP contribution in [-0.2, 0) is 42.9 Å². The Morgan fingerprint density at radius 2 is 1.07 bits per heavy atom. The molecular weight excluding hydrogens is 734 g/mol. The van der Waals surface area contributed by atoms with Crippen LogP contribution in [0, 0.1) is 0 Å². The van der Waals surface area contributed by atoms with Gasteiger partial charge in [-0.1, -0.05) is 6.42 Å². The lowest BCUT2D eigenvalue weighted by atomic mass is 10.0. The summed E-state index contributed by atoms with van der Waals surface area (Å²) in [6, 6.07) is -0.848. The number of amides is 5. The summed E-state index contributed by atoms with van der Waals surface area (Å²) in [7, 11) is 0. The van der Waals surface area contributed by atoms with Gasteiger partial charge in [0.2, 0.25) is 29.5 Å². The lowest BCUT2D eigenvalue weighted by molar-refractivity contribution is -0.292. The highest BCUT2D eigenvalue weighted by Gasteiger charge is 2.43. The molecule has 55 heavy (non-hydrogen) atoms. The van der Waals surface area contributed by atoms with Crippen LogP contribution in [0.25, 0.3) is 0 Å². The Labute approximate surface area is 319 Å². The summed E-state index contributed by atoms with van der Waals surface area (Å²) in [5.74, 6) is -2.21. The van der Waals surface area contributed by atoms with Crippen LogP contribution in [0.1, 0.15) is 46.5 Å². The molecule has 0 saturated carbocycles. The normalized spacial score (nSPS) is 28.6. The van der Waals surface area contributed by atoms with Crippen molar-refractivity contribution in [1.29, 1.82) is 0 Å². The summed E-state index contributed by atoms with van der Waals surface area (Å²) in [5.41, 5.74) is 5.72. The summed E-state index contributed by atoms with van der Waals surface area (Å²) in [5, 5.41) is 72.8. The third kappa shape index (κ3) is 17.3. The number of nitrogens with zero attached hydrogens (tertiary/aromatic N) is 1. The molecule has 2 heterocycles. The standard InChI is InChI=1S/C33H61N7O15/c1-4-35-31(51)20(34)14-39-21(41)8-6-5-7-9-36-22(42)15-40(16-23(43)37-10-12-52-32-29(49)27(47)25(45)18(2)54-32)17-24(44)38-11-13-53-33-30(50)28(48)26(46)19(3)55-33/h18-20,25-30,32-33,45-50H,4-17,34H2,1-3H3,(H,35,51)(H,36,42)(H,37,43)(H,38,44)(H,39,41)/t18-,19-,20-,25+,26+,27+,28+,29-,30-,32+,33+/m0/s1.